The Morgan fingerprint density at radius 1 is 0.848 bits per heavy atom. The number of fused-ring (bicyclic) bond motifs is 7. The number of nitrogens with one attached hydrogen (secondary N) is 1. The monoisotopic (exact) mass is 640 g/mol. The fraction of sp³-hybridized carbons (Fsp3) is 0.923. The van der Waals surface area contributed by atoms with Gasteiger partial charge in [0.05, 0.1) is 11.8 Å². The van der Waals surface area contributed by atoms with Crippen molar-refractivity contribution in [3.63, 3.8) is 0 Å². The molecule has 1 saturated heterocycles. The number of carboxylic acid groups (broad SMARTS) is 1. The van der Waals surface area contributed by atoms with Crippen molar-refractivity contribution in [2.24, 2.45) is 56.2 Å². The van der Waals surface area contributed by atoms with Gasteiger partial charge in [0.25, 0.3) is 0 Å². The molecule has 46 heavy (non-hydrogen) atoms. The van der Waals surface area contributed by atoms with Crippen LogP contribution in [-0.2, 0) is 19.1 Å². The maximum atomic E-state index is 13.7. The molecule has 5 saturated carbocycles. The third kappa shape index (κ3) is 5.09. The van der Waals surface area contributed by atoms with E-state index in [4.69, 9.17) is 4.74 Å². The summed E-state index contributed by atoms with van der Waals surface area (Å²) in [5.41, 5.74) is -0.355. The van der Waals surface area contributed by atoms with E-state index in [0.29, 0.717) is 35.6 Å². The summed E-state index contributed by atoms with van der Waals surface area (Å²) in [6.07, 6.45) is 14.7. The van der Waals surface area contributed by atoms with Crippen LogP contribution in [0.25, 0.3) is 0 Å². The molecule has 0 spiro atoms. The number of rotatable bonds is 7. The minimum atomic E-state index is -1.13. The van der Waals surface area contributed by atoms with Crippen molar-refractivity contribution in [3.05, 3.63) is 0 Å². The van der Waals surface area contributed by atoms with E-state index in [9.17, 15) is 19.5 Å². The number of hydrogen-bond acceptors (Lipinski definition) is 5. The first-order valence-corrected chi connectivity index (χ1v) is 18.8. The Kier molecular flexibility index (Phi) is 8.54. The molecule has 0 radical (unpaired) electrons. The van der Waals surface area contributed by atoms with E-state index in [1.807, 2.05) is 7.05 Å². The minimum Gasteiger partial charge on any atom is -0.481 e. The number of esters is 1. The van der Waals surface area contributed by atoms with Crippen LogP contribution in [0.3, 0.4) is 0 Å². The fourth-order valence-electron chi connectivity index (χ4n) is 13.5. The van der Waals surface area contributed by atoms with Gasteiger partial charge in [0.2, 0.25) is 5.91 Å². The largest absolute Gasteiger partial charge is 0.481 e. The SMILES string of the molecule is CN[C@@H]1CCN(C(=O)C[C@]23CCC[C@@H]2[C@H]2CCC4[C@@]5(C)CC[C@H](OC(=O)CC(C)(C)C(=O)O)C(C)(C)C5CC[C@@]4(C)[C@]2(C)CC3)C1. The van der Waals surface area contributed by atoms with Crippen molar-refractivity contribution in [2.45, 2.75) is 151 Å². The standard InChI is InChI=1S/C39H64N2O5/c1-34(2,33(44)45)23-32(43)46-30-14-17-36(5)28(35(30,3)4)13-18-38(7)29(36)12-11-26-27-10-9-16-39(27,20-19-37(26,38)6)22-31(42)41-21-15-25(24-41)40-8/h25-30,40H,9-24H2,1-8H3,(H,44,45)/t25-,26-,27-,28?,29?,30+,36+,37-,38-,39-/m1/s1. The summed E-state index contributed by atoms with van der Waals surface area (Å²) in [6, 6.07) is 0.443. The lowest BCUT2D eigenvalue weighted by atomic mass is 9.32. The number of carboxylic acids is 1. The maximum Gasteiger partial charge on any atom is 0.309 e. The van der Waals surface area contributed by atoms with Crippen molar-refractivity contribution in [1.29, 1.82) is 0 Å². The van der Waals surface area contributed by atoms with Crippen LogP contribution in [0.1, 0.15) is 138 Å². The van der Waals surface area contributed by atoms with E-state index in [1.165, 1.54) is 51.4 Å². The molecule has 7 nitrogen and oxygen atoms in total. The van der Waals surface area contributed by atoms with Gasteiger partial charge < -0.3 is 20.1 Å². The summed E-state index contributed by atoms with van der Waals surface area (Å²) in [7, 11) is 2.02. The number of hydrogen-bond donors (Lipinski definition) is 2. The van der Waals surface area contributed by atoms with Gasteiger partial charge in [0.1, 0.15) is 6.10 Å². The zero-order valence-electron chi connectivity index (χ0n) is 30.3. The first-order valence-electron chi connectivity index (χ1n) is 18.8. The lowest BCUT2D eigenvalue weighted by molar-refractivity contribution is -0.248. The van der Waals surface area contributed by atoms with Crippen LogP contribution in [0.15, 0.2) is 0 Å². The fourth-order valence-corrected chi connectivity index (χ4v) is 13.5. The summed E-state index contributed by atoms with van der Waals surface area (Å²) in [4.78, 5) is 40.6. The summed E-state index contributed by atoms with van der Waals surface area (Å²) in [6.45, 7) is 17.5. The molecule has 260 valence electrons. The third-order valence-electron chi connectivity index (χ3n) is 16.4. The van der Waals surface area contributed by atoms with Crippen molar-refractivity contribution in [1.82, 2.24) is 10.2 Å². The van der Waals surface area contributed by atoms with Crippen molar-refractivity contribution >= 4 is 17.8 Å². The van der Waals surface area contributed by atoms with Crippen LogP contribution in [0, 0.1) is 56.2 Å². The molecule has 2 N–H and O–H groups in total. The maximum absolute atomic E-state index is 13.7. The smallest absolute Gasteiger partial charge is 0.309 e. The molecule has 0 bridgehead atoms. The predicted octanol–water partition coefficient (Wildman–Crippen LogP) is 7.46. The van der Waals surface area contributed by atoms with Crippen molar-refractivity contribution in [2.75, 3.05) is 20.1 Å². The Labute approximate surface area is 278 Å². The number of aliphatic carboxylic acids is 1. The van der Waals surface area contributed by atoms with E-state index in [1.54, 1.807) is 13.8 Å². The lowest BCUT2D eigenvalue weighted by Gasteiger charge is -2.72. The summed E-state index contributed by atoms with van der Waals surface area (Å²) < 4.78 is 6.16. The number of carbonyl (C=O) groups is 3. The van der Waals surface area contributed by atoms with E-state index in [0.717, 1.165) is 45.2 Å². The second kappa shape index (κ2) is 11.5. The zero-order valence-corrected chi connectivity index (χ0v) is 30.3. The Morgan fingerprint density at radius 2 is 1.59 bits per heavy atom. The summed E-state index contributed by atoms with van der Waals surface area (Å²) >= 11 is 0. The molecular formula is C39H64N2O5. The van der Waals surface area contributed by atoms with Gasteiger partial charge in [0.15, 0.2) is 0 Å². The van der Waals surface area contributed by atoms with Gasteiger partial charge in [-0.3, -0.25) is 14.4 Å². The van der Waals surface area contributed by atoms with Gasteiger partial charge in [0, 0.05) is 31.0 Å². The van der Waals surface area contributed by atoms with Crippen molar-refractivity contribution in [3.8, 4) is 0 Å². The molecule has 10 atom stereocenters. The first-order chi connectivity index (χ1) is 21.4. The molecule has 7 heteroatoms. The number of carbonyl (C=O) groups excluding carboxylic acids is 2. The van der Waals surface area contributed by atoms with Gasteiger partial charge in [-0.05, 0) is 137 Å². The number of likely N-dealkylation sites (tertiary alicyclic amines) is 1. The Hall–Kier alpha value is -1.63. The molecular weight excluding hydrogens is 576 g/mol. The third-order valence-corrected chi connectivity index (χ3v) is 16.4. The van der Waals surface area contributed by atoms with E-state index in [2.05, 4.69) is 44.8 Å². The van der Waals surface area contributed by atoms with Crippen LogP contribution >= 0.6 is 0 Å². The molecule has 0 aromatic rings. The van der Waals surface area contributed by atoms with Gasteiger partial charge in [-0.2, -0.15) is 0 Å². The highest BCUT2D eigenvalue weighted by molar-refractivity contribution is 5.81. The van der Waals surface area contributed by atoms with E-state index < -0.39 is 11.4 Å². The highest BCUT2D eigenvalue weighted by Crippen LogP contribution is 2.77. The average molecular weight is 641 g/mol. The zero-order chi connectivity index (χ0) is 33.5. The molecule has 2 unspecified atom stereocenters. The van der Waals surface area contributed by atoms with Crippen LogP contribution in [0.4, 0.5) is 0 Å². The van der Waals surface area contributed by atoms with Crippen LogP contribution in [0.5, 0.6) is 0 Å². The van der Waals surface area contributed by atoms with Crippen molar-refractivity contribution < 1.29 is 24.2 Å². The highest BCUT2D eigenvalue weighted by atomic mass is 16.5. The Balaban J connectivity index is 1.19. The molecule has 6 rings (SSSR count). The normalized spacial score (nSPS) is 44.8. The quantitative estimate of drug-likeness (QED) is 0.281. The second-order valence-corrected chi connectivity index (χ2v) is 19.0. The summed E-state index contributed by atoms with van der Waals surface area (Å²) in [5, 5.41) is 12.9. The lowest BCUT2D eigenvalue weighted by Crippen LogP contribution is -2.66. The van der Waals surface area contributed by atoms with Gasteiger partial charge in [-0.1, -0.05) is 41.0 Å². The molecule has 5 aliphatic carbocycles. The minimum absolute atomic E-state index is 0.0972. The van der Waals surface area contributed by atoms with Gasteiger partial charge in [-0.15, -0.1) is 0 Å². The first kappa shape index (κ1) is 34.2. The molecule has 0 aromatic carbocycles. The molecule has 1 aliphatic heterocycles. The molecule has 1 amide bonds. The van der Waals surface area contributed by atoms with E-state index in [-0.39, 0.29) is 45.6 Å². The Morgan fingerprint density at radius 3 is 2.26 bits per heavy atom. The highest BCUT2D eigenvalue weighted by Gasteiger charge is 2.70. The average Bonchev–Trinajstić information content (AvgIpc) is 3.62. The summed E-state index contributed by atoms with van der Waals surface area (Å²) in [5.74, 6) is 1.54. The van der Waals surface area contributed by atoms with Crippen LogP contribution in [-0.4, -0.2) is 60.1 Å². The molecule has 0 aromatic heterocycles. The van der Waals surface area contributed by atoms with Crippen LogP contribution in [0.2, 0.25) is 0 Å². The Bertz CT molecular complexity index is 1230. The molecule has 1 heterocycles. The van der Waals surface area contributed by atoms with E-state index >= 15 is 0 Å². The molecule has 6 aliphatic rings. The topological polar surface area (TPSA) is 95.9 Å². The number of nitrogens with zero attached hydrogens (tertiary/aromatic N) is 1. The number of ether oxygens (including phenoxy) is 1. The predicted molar refractivity (Wildman–Crippen MR) is 180 cm³/mol. The van der Waals surface area contributed by atoms with Crippen LogP contribution < -0.4 is 5.32 Å². The number of amides is 1. The van der Waals surface area contributed by atoms with Gasteiger partial charge >= 0.3 is 11.9 Å². The van der Waals surface area contributed by atoms with Gasteiger partial charge in [-0.25, -0.2) is 0 Å². The second-order valence-electron chi connectivity index (χ2n) is 19.0. The molecule has 6 fully saturated rings. The number of likely N-dealkylation sites (N-methyl/N-ethyl adjacent to an activating group) is 1.